The summed E-state index contributed by atoms with van der Waals surface area (Å²) in [6.45, 7) is 5.98. The fourth-order valence-corrected chi connectivity index (χ4v) is 0.715. The van der Waals surface area contributed by atoms with Crippen molar-refractivity contribution in [2.75, 3.05) is 0 Å². The van der Waals surface area contributed by atoms with Gasteiger partial charge in [0.15, 0.2) is 0 Å². The Morgan fingerprint density at radius 2 is 1.78 bits per heavy atom. The molecule has 0 saturated carbocycles. The Morgan fingerprint density at radius 1 is 1.33 bits per heavy atom. The molecule has 0 saturated heterocycles. The molecule has 0 aliphatic rings. The predicted molar refractivity (Wildman–Crippen MR) is 43.0 cm³/mol. The van der Waals surface area contributed by atoms with Gasteiger partial charge in [0, 0.05) is 0 Å². The molecule has 52 valence electrons. The summed E-state index contributed by atoms with van der Waals surface area (Å²) in [6.07, 6.45) is 2.85. The molecule has 0 aromatic carbocycles. The topological polar surface area (TPSA) is 20.2 Å². The zero-order chi connectivity index (χ0) is 6.62. The van der Waals surface area contributed by atoms with Crippen LogP contribution in [0, 0.1) is 0 Å². The van der Waals surface area contributed by atoms with Crippen molar-refractivity contribution in [3.8, 4) is 0 Å². The van der Waals surface area contributed by atoms with Gasteiger partial charge in [-0.05, 0) is 19.8 Å². The molecule has 1 nitrogen and oxygen atoms in total. The zero-order valence-corrected chi connectivity index (χ0v) is 6.07. The van der Waals surface area contributed by atoms with E-state index in [1.165, 1.54) is 0 Å². The minimum absolute atomic E-state index is 0. The van der Waals surface area contributed by atoms with Crippen molar-refractivity contribution in [1.29, 1.82) is 0 Å². The first-order chi connectivity index (χ1) is 3.62. The van der Waals surface area contributed by atoms with Gasteiger partial charge >= 0.3 is 29.6 Å². The van der Waals surface area contributed by atoms with Crippen LogP contribution in [0.5, 0.6) is 0 Å². The first-order valence-corrected chi connectivity index (χ1v) is 3.34. The standard InChI is InChI=1S/C7H16O.Na.H/c1-4-6-7(3,8)5-2;;/h8H,4-6H2,1-3H3;;. The molecule has 0 heterocycles. The van der Waals surface area contributed by atoms with Crippen LogP contribution in [0.1, 0.15) is 40.0 Å². The van der Waals surface area contributed by atoms with Crippen molar-refractivity contribution < 1.29 is 5.11 Å². The number of rotatable bonds is 3. The van der Waals surface area contributed by atoms with Crippen molar-refractivity contribution in [2.24, 2.45) is 0 Å². The second kappa shape index (κ2) is 5.72. The Balaban J connectivity index is 0. The van der Waals surface area contributed by atoms with Crippen LogP contribution in [0.4, 0.5) is 0 Å². The summed E-state index contributed by atoms with van der Waals surface area (Å²) in [4.78, 5) is 0. The summed E-state index contributed by atoms with van der Waals surface area (Å²) in [7, 11) is 0. The van der Waals surface area contributed by atoms with Crippen LogP contribution in [0.3, 0.4) is 0 Å². The van der Waals surface area contributed by atoms with E-state index in [2.05, 4.69) is 6.92 Å². The number of hydrogen-bond acceptors (Lipinski definition) is 1. The molecule has 0 radical (unpaired) electrons. The average molecular weight is 140 g/mol. The van der Waals surface area contributed by atoms with Gasteiger partial charge < -0.3 is 5.11 Å². The second-order valence-electron chi connectivity index (χ2n) is 2.60. The van der Waals surface area contributed by atoms with Gasteiger partial charge in [-0.3, -0.25) is 0 Å². The Labute approximate surface area is 80.1 Å². The van der Waals surface area contributed by atoms with E-state index in [4.69, 9.17) is 0 Å². The van der Waals surface area contributed by atoms with E-state index < -0.39 is 5.60 Å². The van der Waals surface area contributed by atoms with Crippen LogP contribution in [0.25, 0.3) is 0 Å². The molecule has 2 heteroatoms. The molecule has 0 aliphatic heterocycles. The zero-order valence-electron chi connectivity index (χ0n) is 6.07. The maximum atomic E-state index is 9.32. The molecule has 9 heavy (non-hydrogen) atoms. The van der Waals surface area contributed by atoms with Crippen molar-refractivity contribution in [2.45, 2.75) is 45.6 Å². The number of hydrogen-bond donors (Lipinski definition) is 1. The van der Waals surface area contributed by atoms with E-state index in [9.17, 15) is 5.11 Å². The van der Waals surface area contributed by atoms with Gasteiger partial charge in [0.25, 0.3) is 0 Å². The molecule has 0 aromatic heterocycles. The van der Waals surface area contributed by atoms with Gasteiger partial charge in [-0.25, -0.2) is 0 Å². The monoisotopic (exact) mass is 140 g/mol. The van der Waals surface area contributed by atoms with Gasteiger partial charge in [0.1, 0.15) is 0 Å². The van der Waals surface area contributed by atoms with Crippen molar-refractivity contribution in [3.05, 3.63) is 0 Å². The van der Waals surface area contributed by atoms with Crippen LogP contribution < -0.4 is 0 Å². The quantitative estimate of drug-likeness (QED) is 0.586. The second-order valence-corrected chi connectivity index (χ2v) is 2.60. The maximum absolute atomic E-state index is 9.32. The van der Waals surface area contributed by atoms with E-state index >= 15 is 0 Å². The SMILES string of the molecule is CCCC(C)(O)CC.[NaH]. The number of aliphatic hydroxyl groups is 1. The summed E-state index contributed by atoms with van der Waals surface area (Å²) in [5.74, 6) is 0. The molecule has 0 aliphatic carbocycles. The molecule has 0 rings (SSSR count). The summed E-state index contributed by atoms with van der Waals surface area (Å²) in [5.41, 5.74) is -0.408. The summed E-state index contributed by atoms with van der Waals surface area (Å²) in [5, 5.41) is 9.32. The normalized spacial score (nSPS) is 16.0. The summed E-state index contributed by atoms with van der Waals surface area (Å²) in [6, 6.07) is 0. The van der Waals surface area contributed by atoms with E-state index in [-0.39, 0.29) is 29.6 Å². The molecular formula is C7H17NaO. The minimum atomic E-state index is -0.408. The molecule has 0 amide bonds. The van der Waals surface area contributed by atoms with Crippen molar-refractivity contribution in [1.82, 2.24) is 0 Å². The van der Waals surface area contributed by atoms with Gasteiger partial charge in [-0.15, -0.1) is 0 Å². The van der Waals surface area contributed by atoms with Gasteiger partial charge in [0.05, 0.1) is 5.60 Å². The third-order valence-corrected chi connectivity index (χ3v) is 1.55. The molecule has 0 fully saturated rings. The van der Waals surface area contributed by atoms with Crippen LogP contribution in [0.15, 0.2) is 0 Å². The Morgan fingerprint density at radius 3 is 1.89 bits per heavy atom. The van der Waals surface area contributed by atoms with Gasteiger partial charge in [-0.2, -0.15) is 0 Å². The van der Waals surface area contributed by atoms with E-state index in [1.54, 1.807) is 0 Å². The molecule has 1 N–H and O–H groups in total. The Hall–Kier alpha value is 0.960. The van der Waals surface area contributed by atoms with Crippen molar-refractivity contribution in [3.63, 3.8) is 0 Å². The van der Waals surface area contributed by atoms with Crippen molar-refractivity contribution >= 4 is 29.6 Å². The molecule has 1 atom stereocenters. The third kappa shape index (κ3) is 6.85. The average Bonchev–Trinajstić information content (AvgIpc) is 1.67. The van der Waals surface area contributed by atoms with Crippen LogP contribution in [0.2, 0.25) is 0 Å². The van der Waals surface area contributed by atoms with E-state index in [0.717, 1.165) is 19.3 Å². The summed E-state index contributed by atoms with van der Waals surface area (Å²) >= 11 is 0. The van der Waals surface area contributed by atoms with E-state index in [0.29, 0.717) is 0 Å². The Kier molecular flexibility index (Phi) is 8.02. The fraction of sp³-hybridized carbons (Fsp3) is 1.00. The Bertz CT molecular complexity index is 61.9. The molecule has 1 unspecified atom stereocenters. The molecule has 0 spiro atoms. The van der Waals surface area contributed by atoms with Crippen LogP contribution >= 0.6 is 0 Å². The molecule has 0 aromatic rings. The van der Waals surface area contributed by atoms with E-state index in [1.807, 2.05) is 13.8 Å². The predicted octanol–water partition coefficient (Wildman–Crippen LogP) is 1.30. The molecular weight excluding hydrogens is 123 g/mol. The third-order valence-electron chi connectivity index (χ3n) is 1.55. The van der Waals surface area contributed by atoms with Crippen LogP contribution in [-0.4, -0.2) is 40.3 Å². The first-order valence-electron chi connectivity index (χ1n) is 3.34. The van der Waals surface area contributed by atoms with Gasteiger partial charge in [0.2, 0.25) is 0 Å². The summed E-state index contributed by atoms with van der Waals surface area (Å²) < 4.78 is 0. The molecule has 0 bridgehead atoms. The fourth-order valence-electron chi connectivity index (χ4n) is 0.715. The van der Waals surface area contributed by atoms with Crippen LogP contribution in [-0.2, 0) is 0 Å². The first kappa shape index (κ1) is 12.6. The van der Waals surface area contributed by atoms with Gasteiger partial charge in [-0.1, -0.05) is 20.3 Å².